The molecule has 2 rings (SSSR count). The number of thioether (sulfide) groups is 1. The first kappa shape index (κ1) is 15.5. The molecule has 21 heavy (non-hydrogen) atoms. The normalized spacial score (nSPS) is 11.7. The van der Waals surface area contributed by atoms with Crippen molar-refractivity contribution in [2.24, 2.45) is 0 Å². The molecule has 3 amide bonds. The molecule has 110 valence electrons. The van der Waals surface area contributed by atoms with Crippen LogP contribution in [0.3, 0.4) is 0 Å². The van der Waals surface area contributed by atoms with Gasteiger partial charge in [-0.3, -0.25) is 10.1 Å². The van der Waals surface area contributed by atoms with Crippen LogP contribution in [0.25, 0.3) is 0 Å². The predicted octanol–water partition coefficient (Wildman–Crippen LogP) is 2.04. The highest BCUT2D eigenvalue weighted by Gasteiger charge is 2.18. The van der Waals surface area contributed by atoms with Crippen LogP contribution in [0.5, 0.6) is 0 Å². The van der Waals surface area contributed by atoms with Crippen molar-refractivity contribution in [3.05, 3.63) is 41.4 Å². The summed E-state index contributed by atoms with van der Waals surface area (Å²) >= 11 is 2.62. The number of imide groups is 1. The van der Waals surface area contributed by atoms with E-state index in [0.717, 1.165) is 5.56 Å². The van der Waals surface area contributed by atoms with Crippen LogP contribution in [-0.4, -0.2) is 27.4 Å². The molecule has 8 heteroatoms. The van der Waals surface area contributed by atoms with E-state index in [9.17, 15) is 9.59 Å². The fourth-order valence-corrected chi connectivity index (χ4v) is 3.08. The first-order valence-electron chi connectivity index (χ1n) is 6.20. The van der Waals surface area contributed by atoms with E-state index in [1.807, 2.05) is 30.3 Å². The van der Waals surface area contributed by atoms with Gasteiger partial charge in [-0.15, -0.1) is 10.2 Å². The number of carbonyl (C=O) groups excluding carboxylic acids is 2. The molecule has 0 aliphatic carbocycles. The average molecular weight is 322 g/mol. The molecule has 1 aromatic heterocycles. The third-order valence-corrected chi connectivity index (χ3v) is 4.43. The van der Waals surface area contributed by atoms with Crippen molar-refractivity contribution in [1.29, 1.82) is 0 Å². The number of carbonyl (C=O) groups is 2. The molecule has 0 radical (unpaired) electrons. The highest BCUT2D eigenvalue weighted by molar-refractivity contribution is 8.02. The van der Waals surface area contributed by atoms with Crippen LogP contribution >= 0.6 is 23.1 Å². The summed E-state index contributed by atoms with van der Waals surface area (Å²) < 4.78 is 0.697. The van der Waals surface area contributed by atoms with E-state index in [-0.39, 0.29) is 5.91 Å². The van der Waals surface area contributed by atoms with Gasteiger partial charge in [-0.1, -0.05) is 53.4 Å². The summed E-state index contributed by atoms with van der Waals surface area (Å²) in [6, 6.07) is 8.97. The van der Waals surface area contributed by atoms with Crippen molar-refractivity contribution in [2.75, 3.05) is 0 Å². The van der Waals surface area contributed by atoms with E-state index < -0.39 is 11.3 Å². The summed E-state index contributed by atoms with van der Waals surface area (Å²) in [6.07, 6.45) is 0. The Morgan fingerprint density at radius 3 is 2.76 bits per heavy atom. The Kier molecular flexibility index (Phi) is 5.70. The standard InChI is InChI=1S/C13H14N4O2S2/c1-9(21-13-17-15-8-20-13)11(18)16-12(19)14-7-10-5-3-2-4-6-10/h2-6,8-9H,7H2,1H3,(H2,14,16,18,19). The average Bonchev–Trinajstić information content (AvgIpc) is 2.99. The van der Waals surface area contributed by atoms with Crippen molar-refractivity contribution in [3.8, 4) is 0 Å². The fourth-order valence-electron chi connectivity index (χ4n) is 1.45. The van der Waals surface area contributed by atoms with Crippen molar-refractivity contribution < 1.29 is 9.59 Å². The Morgan fingerprint density at radius 1 is 1.33 bits per heavy atom. The largest absolute Gasteiger partial charge is 0.334 e. The van der Waals surface area contributed by atoms with E-state index in [4.69, 9.17) is 0 Å². The molecular weight excluding hydrogens is 308 g/mol. The molecular formula is C13H14N4O2S2. The molecule has 1 heterocycles. The first-order chi connectivity index (χ1) is 10.1. The van der Waals surface area contributed by atoms with E-state index in [1.54, 1.807) is 12.4 Å². The maximum Gasteiger partial charge on any atom is 0.321 e. The Morgan fingerprint density at radius 2 is 2.10 bits per heavy atom. The van der Waals surface area contributed by atoms with Gasteiger partial charge in [-0.2, -0.15) is 0 Å². The zero-order valence-corrected chi connectivity index (χ0v) is 12.9. The predicted molar refractivity (Wildman–Crippen MR) is 82.0 cm³/mol. The lowest BCUT2D eigenvalue weighted by molar-refractivity contribution is -0.119. The zero-order valence-electron chi connectivity index (χ0n) is 11.3. The Labute approximate surface area is 130 Å². The third kappa shape index (κ3) is 5.16. The van der Waals surface area contributed by atoms with Crippen molar-refractivity contribution >= 4 is 35.0 Å². The number of nitrogens with zero attached hydrogens (tertiary/aromatic N) is 2. The number of hydrogen-bond acceptors (Lipinski definition) is 6. The lowest BCUT2D eigenvalue weighted by Gasteiger charge is -2.10. The van der Waals surface area contributed by atoms with Crippen LogP contribution in [-0.2, 0) is 11.3 Å². The number of benzene rings is 1. The molecule has 0 fully saturated rings. The quantitative estimate of drug-likeness (QED) is 0.823. The van der Waals surface area contributed by atoms with Gasteiger partial charge in [-0.25, -0.2) is 4.79 Å². The molecule has 0 saturated heterocycles. The minimum Gasteiger partial charge on any atom is -0.334 e. The molecule has 0 aliphatic heterocycles. The van der Waals surface area contributed by atoms with Gasteiger partial charge in [0.1, 0.15) is 5.51 Å². The van der Waals surface area contributed by atoms with Gasteiger partial charge in [0, 0.05) is 6.54 Å². The van der Waals surface area contributed by atoms with Crippen LogP contribution in [0.4, 0.5) is 4.79 Å². The number of amides is 3. The molecule has 6 nitrogen and oxygen atoms in total. The van der Waals surface area contributed by atoms with Gasteiger partial charge >= 0.3 is 6.03 Å². The second kappa shape index (κ2) is 7.75. The molecule has 0 saturated carbocycles. The molecule has 1 atom stereocenters. The summed E-state index contributed by atoms with van der Waals surface area (Å²) in [5.41, 5.74) is 2.57. The summed E-state index contributed by atoms with van der Waals surface area (Å²) in [4.78, 5) is 23.5. The second-order valence-electron chi connectivity index (χ2n) is 4.12. The summed E-state index contributed by atoms with van der Waals surface area (Å²) in [5.74, 6) is -0.360. The fraction of sp³-hybridized carbons (Fsp3) is 0.231. The van der Waals surface area contributed by atoms with Gasteiger partial charge in [0.25, 0.3) is 0 Å². The van der Waals surface area contributed by atoms with E-state index in [1.165, 1.54) is 23.1 Å². The summed E-state index contributed by atoms with van der Waals surface area (Å²) in [5, 5.41) is 12.1. The minimum atomic E-state index is -0.506. The maximum absolute atomic E-state index is 11.9. The van der Waals surface area contributed by atoms with Crippen molar-refractivity contribution in [1.82, 2.24) is 20.8 Å². The van der Waals surface area contributed by atoms with E-state index in [2.05, 4.69) is 20.8 Å². The Bertz CT molecular complexity index is 589. The van der Waals surface area contributed by atoms with Gasteiger partial charge in [0.2, 0.25) is 5.91 Å². The SMILES string of the molecule is CC(Sc1nncs1)C(=O)NC(=O)NCc1ccccc1. The highest BCUT2D eigenvalue weighted by atomic mass is 32.2. The van der Waals surface area contributed by atoms with Crippen molar-refractivity contribution in [3.63, 3.8) is 0 Å². The minimum absolute atomic E-state index is 0.360. The number of hydrogen-bond donors (Lipinski definition) is 2. The Balaban J connectivity index is 1.75. The number of rotatable bonds is 5. The molecule has 0 spiro atoms. The lowest BCUT2D eigenvalue weighted by Crippen LogP contribution is -2.42. The van der Waals surface area contributed by atoms with Gasteiger partial charge in [0.05, 0.1) is 5.25 Å². The molecule has 2 N–H and O–H groups in total. The van der Waals surface area contributed by atoms with Crippen LogP contribution in [0.1, 0.15) is 12.5 Å². The number of nitrogens with one attached hydrogen (secondary N) is 2. The molecule has 0 aliphatic rings. The highest BCUT2D eigenvalue weighted by Crippen LogP contribution is 2.23. The van der Waals surface area contributed by atoms with Gasteiger partial charge in [0.15, 0.2) is 4.34 Å². The number of aromatic nitrogens is 2. The summed E-state index contributed by atoms with van der Waals surface area (Å²) in [7, 11) is 0. The van der Waals surface area contributed by atoms with Gasteiger partial charge < -0.3 is 5.32 Å². The zero-order chi connectivity index (χ0) is 15.1. The summed E-state index contributed by atoms with van der Waals surface area (Å²) in [6.45, 7) is 2.09. The van der Waals surface area contributed by atoms with Crippen LogP contribution in [0.2, 0.25) is 0 Å². The molecule has 0 bridgehead atoms. The smallest absolute Gasteiger partial charge is 0.321 e. The molecule has 1 aromatic carbocycles. The van der Waals surface area contributed by atoms with Crippen LogP contribution < -0.4 is 10.6 Å². The first-order valence-corrected chi connectivity index (χ1v) is 7.96. The maximum atomic E-state index is 11.9. The molecule has 1 unspecified atom stereocenters. The second-order valence-corrected chi connectivity index (χ2v) is 6.54. The van der Waals surface area contributed by atoms with Crippen molar-refractivity contribution in [2.45, 2.75) is 23.1 Å². The third-order valence-electron chi connectivity index (χ3n) is 2.52. The van der Waals surface area contributed by atoms with Crippen LogP contribution in [0, 0.1) is 0 Å². The monoisotopic (exact) mass is 322 g/mol. The lowest BCUT2D eigenvalue weighted by atomic mass is 10.2. The van der Waals surface area contributed by atoms with Crippen LogP contribution in [0.15, 0.2) is 40.2 Å². The van der Waals surface area contributed by atoms with Gasteiger partial charge in [-0.05, 0) is 12.5 Å². The van der Waals surface area contributed by atoms with E-state index in [0.29, 0.717) is 10.9 Å². The topological polar surface area (TPSA) is 84.0 Å². The molecule has 2 aromatic rings. The Hall–Kier alpha value is -1.93. The van der Waals surface area contributed by atoms with E-state index >= 15 is 0 Å². The number of urea groups is 1.